The van der Waals surface area contributed by atoms with Gasteiger partial charge in [-0.15, -0.1) is 0 Å². The number of likely N-dealkylation sites (tertiary alicyclic amines) is 1. The van der Waals surface area contributed by atoms with E-state index >= 15 is 0 Å². The van der Waals surface area contributed by atoms with E-state index < -0.39 is 0 Å². The summed E-state index contributed by atoms with van der Waals surface area (Å²) in [5.74, 6) is 1.04. The molecule has 0 aliphatic carbocycles. The number of aromatic nitrogens is 2. The van der Waals surface area contributed by atoms with Crippen molar-refractivity contribution < 1.29 is 4.74 Å². The zero-order valence-corrected chi connectivity index (χ0v) is 12.8. The minimum atomic E-state index is 0.376. The predicted molar refractivity (Wildman–Crippen MR) is 82.3 cm³/mol. The Morgan fingerprint density at radius 2 is 2.43 bits per heavy atom. The summed E-state index contributed by atoms with van der Waals surface area (Å²) in [6, 6.07) is 0. The Kier molecular flexibility index (Phi) is 4.43. The number of rotatable bonds is 4. The first-order valence-corrected chi connectivity index (χ1v) is 7.88. The first kappa shape index (κ1) is 14.4. The van der Waals surface area contributed by atoms with Crippen LogP contribution in [0, 0.1) is 5.41 Å². The molecule has 2 aliphatic rings. The van der Waals surface area contributed by atoms with Gasteiger partial charge in [0.05, 0.1) is 19.5 Å². The Morgan fingerprint density at radius 3 is 3.14 bits per heavy atom. The van der Waals surface area contributed by atoms with E-state index in [-0.39, 0.29) is 0 Å². The molecular weight excluding hydrogens is 266 g/mol. The molecule has 0 aromatic carbocycles. The molecule has 2 fully saturated rings. The molecule has 0 radical (unpaired) electrons. The van der Waals surface area contributed by atoms with Crippen molar-refractivity contribution in [2.24, 2.45) is 10.4 Å². The molecule has 6 heteroatoms. The highest BCUT2D eigenvalue weighted by Gasteiger charge is 2.42. The number of aliphatic imine (C=N–C) groups is 1. The van der Waals surface area contributed by atoms with Gasteiger partial charge in [-0.05, 0) is 19.8 Å². The lowest BCUT2D eigenvalue weighted by Gasteiger charge is -2.25. The maximum absolute atomic E-state index is 5.60. The van der Waals surface area contributed by atoms with E-state index in [9.17, 15) is 0 Å². The third-order valence-electron chi connectivity index (χ3n) is 4.44. The normalized spacial score (nSPS) is 26.0. The van der Waals surface area contributed by atoms with E-state index in [0.717, 1.165) is 51.9 Å². The molecule has 0 bridgehead atoms. The Labute approximate surface area is 126 Å². The average molecular weight is 291 g/mol. The van der Waals surface area contributed by atoms with Crippen molar-refractivity contribution in [3.8, 4) is 0 Å². The first-order valence-electron chi connectivity index (χ1n) is 7.88. The molecule has 3 rings (SSSR count). The van der Waals surface area contributed by atoms with E-state index in [2.05, 4.69) is 26.7 Å². The maximum Gasteiger partial charge on any atom is 0.193 e. The Morgan fingerprint density at radius 1 is 1.48 bits per heavy atom. The van der Waals surface area contributed by atoms with Gasteiger partial charge in [-0.25, -0.2) is 4.98 Å². The highest BCUT2D eigenvalue weighted by atomic mass is 16.5. The van der Waals surface area contributed by atoms with Crippen LogP contribution in [-0.2, 0) is 11.3 Å². The molecule has 2 saturated heterocycles. The van der Waals surface area contributed by atoms with Crippen molar-refractivity contribution in [3.05, 3.63) is 18.7 Å². The third-order valence-corrected chi connectivity index (χ3v) is 4.44. The molecule has 1 atom stereocenters. The number of hydrogen-bond donors (Lipinski definition) is 1. The minimum Gasteiger partial charge on any atom is -0.381 e. The van der Waals surface area contributed by atoms with Crippen LogP contribution >= 0.6 is 0 Å². The predicted octanol–water partition coefficient (Wildman–Crippen LogP) is 0.961. The largest absolute Gasteiger partial charge is 0.381 e. The Balaban J connectivity index is 1.58. The van der Waals surface area contributed by atoms with Gasteiger partial charge >= 0.3 is 0 Å². The summed E-state index contributed by atoms with van der Waals surface area (Å²) in [4.78, 5) is 11.2. The van der Waals surface area contributed by atoms with Crippen molar-refractivity contribution >= 4 is 5.96 Å². The molecule has 0 saturated carbocycles. The fourth-order valence-corrected chi connectivity index (χ4v) is 3.20. The van der Waals surface area contributed by atoms with Crippen LogP contribution in [0.25, 0.3) is 0 Å². The second kappa shape index (κ2) is 6.47. The smallest absolute Gasteiger partial charge is 0.193 e. The topological polar surface area (TPSA) is 54.7 Å². The van der Waals surface area contributed by atoms with Crippen molar-refractivity contribution in [3.63, 3.8) is 0 Å². The van der Waals surface area contributed by atoms with Gasteiger partial charge in [-0.1, -0.05) is 0 Å². The van der Waals surface area contributed by atoms with E-state index in [4.69, 9.17) is 9.73 Å². The number of hydrogen-bond acceptors (Lipinski definition) is 3. The summed E-state index contributed by atoms with van der Waals surface area (Å²) in [5, 5.41) is 3.42. The van der Waals surface area contributed by atoms with Gasteiger partial charge in [-0.3, -0.25) is 4.99 Å². The van der Waals surface area contributed by atoms with Crippen molar-refractivity contribution in [2.45, 2.75) is 26.3 Å². The van der Waals surface area contributed by atoms with Crippen molar-refractivity contribution in [1.29, 1.82) is 0 Å². The van der Waals surface area contributed by atoms with Gasteiger partial charge in [0, 0.05) is 50.6 Å². The minimum absolute atomic E-state index is 0.376. The van der Waals surface area contributed by atoms with E-state index in [1.807, 2.05) is 12.5 Å². The molecule has 1 aromatic heterocycles. The zero-order valence-electron chi connectivity index (χ0n) is 12.8. The van der Waals surface area contributed by atoms with Gasteiger partial charge < -0.3 is 19.5 Å². The van der Waals surface area contributed by atoms with Crippen molar-refractivity contribution in [1.82, 2.24) is 19.8 Å². The highest BCUT2D eigenvalue weighted by molar-refractivity contribution is 5.80. The lowest BCUT2D eigenvalue weighted by Crippen LogP contribution is -2.41. The molecule has 1 spiro atoms. The molecule has 1 unspecified atom stereocenters. The van der Waals surface area contributed by atoms with Gasteiger partial charge in [0.1, 0.15) is 0 Å². The Hall–Kier alpha value is -1.56. The molecule has 3 heterocycles. The maximum atomic E-state index is 5.60. The summed E-state index contributed by atoms with van der Waals surface area (Å²) in [5.41, 5.74) is 0.376. The SMILES string of the molecule is CCNC(=NCCn1ccnc1)N1CCC2(CCOC2)C1. The van der Waals surface area contributed by atoms with Gasteiger partial charge in [0.15, 0.2) is 5.96 Å². The lowest BCUT2D eigenvalue weighted by atomic mass is 9.87. The summed E-state index contributed by atoms with van der Waals surface area (Å²) in [6.07, 6.45) is 8.03. The van der Waals surface area contributed by atoms with Crippen LogP contribution in [0.1, 0.15) is 19.8 Å². The van der Waals surface area contributed by atoms with Gasteiger partial charge in [0.2, 0.25) is 0 Å². The molecule has 116 valence electrons. The van der Waals surface area contributed by atoms with Crippen LogP contribution in [0.5, 0.6) is 0 Å². The van der Waals surface area contributed by atoms with Crippen LogP contribution in [0.4, 0.5) is 0 Å². The van der Waals surface area contributed by atoms with Crippen LogP contribution in [0.15, 0.2) is 23.7 Å². The highest BCUT2D eigenvalue weighted by Crippen LogP contribution is 2.38. The average Bonchev–Trinajstić information content (AvgIpc) is 3.22. The lowest BCUT2D eigenvalue weighted by molar-refractivity contribution is 0.156. The van der Waals surface area contributed by atoms with Crippen molar-refractivity contribution in [2.75, 3.05) is 39.4 Å². The molecule has 1 N–H and O–H groups in total. The molecule has 0 amide bonds. The van der Waals surface area contributed by atoms with Crippen LogP contribution in [0.2, 0.25) is 0 Å². The molecule has 2 aliphatic heterocycles. The first-order chi connectivity index (χ1) is 10.3. The Bertz CT molecular complexity index is 464. The van der Waals surface area contributed by atoms with Crippen LogP contribution in [0.3, 0.4) is 0 Å². The second-order valence-electron chi connectivity index (χ2n) is 6.01. The summed E-state index contributed by atoms with van der Waals surface area (Å²) in [7, 11) is 0. The monoisotopic (exact) mass is 291 g/mol. The fourth-order valence-electron chi connectivity index (χ4n) is 3.20. The van der Waals surface area contributed by atoms with E-state index in [0.29, 0.717) is 5.41 Å². The van der Waals surface area contributed by atoms with Gasteiger partial charge in [0.25, 0.3) is 0 Å². The number of imidazole rings is 1. The molecular formula is C15H25N5O. The fraction of sp³-hybridized carbons (Fsp3) is 0.733. The molecule has 6 nitrogen and oxygen atoms in total. The van der Waals surface area contributed by atoms with E-state index in [1.54, 1.807) is 6.20 Å². The van der Waals surface area contributed by atoms with E-state index in [1.165, 1.54) is 12.8 Å². The quantitative estimate of drug-likeness (QED) is 0.663. The molecule has 21 heavy (non-hydrogen) atoms. The standard InChI is InChI=1S/C15H25N5O/c1-2-17-14(18-6-9-19-8-5-16-13-19)20-7-3-15(11-20)4-10-21-12-15/h5,8,13H,2-4,6-7,9-12H2,1H3,(H,17,18). The zero-order chi connectivity index (χ0) is 14.5. The second-order valence-corrected chi connectivity index (χ2v) is 6.01. The number of guanidine groups is 1. The third kappa shape index (κ3) is 3.37. The summed E-state index contributed by atoms with van der Waals surface area (Å²) in [6.45, 7) is 8.67. The summed E-state index contributed by atoms with van der Waals surface area (Å²) >= 11 is 0. The van der Waals surface area contributed by atoms with Crippen LogP contribution < -0.4 is 5.32 Å². The number of nitrogens with zero attached hydrogens (tertiary/aromatic N) is 4. The molecule has 1 aromatic rings. The summed E-state index contributed by atoms with van der Waals surface area (Å²) < 4.78 is 7.66. The van der Waals surface area contributed by atoms with Crippen LogP contribution in [-0.4, -0.2) is 59.8 Å². The number of ether oxygens (including phenoxy) is 1. The number of nitrogens with one attached hydrogen (secondary N) is 1. The van der Waals surface area contributed by atoms with Gasteiger partial charge in [-0.2, -0.15) is 0 Å².